The van der Waals surface area contributed by atoms with E-state index in [1.165, 1.54) is 13.3 Å². The van der Waals surface area contributed by atoms with Crippen molar-refractivity contribution in [3.8, 4) is 0 Å². The highest BCUT2D eigenvalue weighted by Gasteiger charge is 2.31. The van der Waals surface area contributed by atoms with Gasteiger partial charge in [0.2, 0.25) is 0 Å². The van der Waals surface area contributed by atoms with Crippen molar-refractivity contribution in [3.63, 3.8) is 0 Å². The third kappa shape index (κ3) is 8.34. The monoisotopic (exact) mass is 497 g/mol. The van der Waals surface area contributed by atoms with E-state index >= 15 is 0 Å². The minimum atomic E-state index is -3.78. The third-order valence-electron chi connectivity index (χ3n) is 4.76. The number of carboxylic acids is 1. The summed E-state index contributed by atoms with van der Waals surface area (Å²) in [5, 5.41) is 16.0. The van der Waals surface area contributed by atoms with Crippen LogP contribution < -0.4 is 10.8 Å². The van der Waals surface area contributed by atoms with Crippen LogP contribution in [-0.2, 0) is 25.3 Å². The Morgan fingerprint density at radius 3 is 2.41 bits per heavy atom. The van der Waals surface area contributed by atoms with Crippen LogP contribution in [0.2, 0.25) is 0 Å². The van der Waals surface area contributed by atoms with Crippen LogP contribution in [0.3, 0.4) is 0 Å². The van der Waals surface area contributed by atoms with E-state index in [1.54, 1.807) is 17.8 Å². The van der Waals surface area contributed by atoms with Gasteiger partial charge in [-0.1, -0.05) is 32.9 Å². The summed E-state index contributed by atoms with van der Waals surface area (Å²) in [6.07, 6.45) is 3.50. The summed E-state index contributed by atoms with van der Waals surface area (Å²) in [7, 11) is -3.78. The number of aliphatic carboxylic acids is 1. The number of anilines is 1. The molecule has 12 nitrogen and oxygen atoms in total. The van der Waals surface area contributed by atoms with Gasteiger partial charge in [0.15, 0.2) is 11.5 Å². The zero-order valence-corrected chi connectivity index (χ0v) is 21.5. The first-order valence-corrected chi connectivity index (χ1v) is 13.1. The highest BCUT2D eigenvalue weighted by atomic mass is 31.2. The Hall–Kier alpha value is -2.56. The highest BCUT2D eigenvalue weighted by molar-refractivity contribution is 7.56. The van der Waals surface area contributed by atoms with Gasteiger partial charge in [0.1, 0.15) is 24.2 Å². The van der Waals surface area contributed by atoms with E-state index in [-0.39, 0.29) is 12.2 Å². The van der Waals surface area contributed by atoms with Crippen LogP contribution in [0.1, 0.15) is 54.4 Å². The maximum Gasteiger partial charge on any atom is 0.364 e. The molecule has 0 aromatic carbocycles. The van der Waals surface area contributed by atoms with Gasteiger partial charge in [-0.05, 0) is 38.5 Å². The van der Waals surface area contributed by atoms with Gasteiger partial charge in [-0.2, -0.15) is 0 Å². The summed E-state index contributed by atoms with van der Waals surface area (Å²) < 4.78 is 26.5. The molecule has 0 aliphatic heterocycles. The fraction of sp³-hybridized carbons (Fsp3) is 0.667. The molecule has 1 unspecified atom stereocenters. The van der Waals surface area contributed by atoms with Gasteiger partial charge in [0.05, 0.1) is 24.7 Å². The topological polar surface area (TPSA) is 167 Å². The number of nitrogen functional groups attached to an aromatic ring is 1. The Kier molecular flexibility index (Phi) is 9.96. The van der Waals surface area contributed by atoms with E-state index in [9.17, 15) is 14.5 Å². The second kappa shape index (κ2) is 12.2. The van der Waals surface area contributed by atoms with Crippen LogP contribution >= 0.6 is 7.52 Å². The second-order valence-corrected chi connectivity index (χ2v) is 11.3. The summed E-state index contributed by atoms with van der Waals surface area (Å²) in [6.45, 7) is 11.7. The van der Waals surface area contributed by atoms with Crippen LogP contribution in [0, 0.1) is 11.8 Å². The molecule has 0 saturated heterocycles. The predicted molar refractivity (Wildman–Crippen MR) is 130 cm³/mol. The van der Waals surface area contributed by atoms with Gasteiger partial charge in [-0.3, -0.25) is 9.36 Å². The number of nitrogens with one attached hydrogen (secondary N) is 1. The van der Waals surface area contributed by atoms with Gasteiger partial charge >= 0.3 is 13.5 Å². The molecule has 0 fully saturated rings. The molecule has 0 bridgehead atoms. The van der Waals surface area contributed by atoms with Gasteiger partial charge < -0.3 is 24.8 Å². The molecule has 34 heavy (non-hydrogen) atoms. The third-order valence-corrected chi connectivity index (χ3v) is 6.38. The standard InChI is InChI=1S/C21H36N7O5P/c1-13(2)7-17(8-14(3)4)26-33-34(31,27-16(6)21(29)30)12-32-15(5)9-28-11-25-18-19(22)23-10-24-20(18)28/h10-11,13-16H,7-9,12H2,1-6H3,(H,27,31)(H,29,30)(H2,22,23,24)/t15-,16+,34?/m1/s1. The maximum atomic E-state index is 13.5. The molecule has 2 aromatic heterocycles. The van der Waals surface area contributed by atoms with Crippen molar-refractivity contribution in [2.24, 2.45) is 17.0 Å². The van der Waals surface area contributed by atoms with E-state index in [2.05, 4.69) is 52.9 Å². The number of ether oxygens (including phenoxy) is 1. The number of hydrogen-bond donors (Lipinski definition) is 3. The summed E-state index contributed by atoms with van der Waals surface area (Å²) in [6, 6.07) is -1.11. The molecule has 3 atom stereocenters. The lowest BCUT2D eigenvalue weighted by atomic mass is 9.99. The normalized spacial score (nSPS) is 15.3. The lowest BCUT2D eigenvalue weighted by Crippen LogP contribution is -2.33. The smallest absolute Gasteiger partial charge is 0.364 e. The summed E-state index contributed by atoms with van der Waals surface area (Å²) in [4.78, 5) is 23.7. The number of hydrogen-bond acceptors (Lipinski definition) is 9. The van der Waals surface area contributed by atoms with Crippen molar-refractivity contribution in [2.75, 3.05) is 12.1 Å². The Labute approximate surface area is 199 Å². The van der Waals surface area contributed by atoms with Crippen molar-refractivity contribution in [1.82, 2.24) is 24.6 Å². The molecule has 2 aromatic rings. The van der Waals surface area contributed by atoms with Crippen molar-refractivity contribution < 1.29 is 23.8 Å². The number of nitrogens with two attached hydrogens (primary N) is 1. The van der Waals surface area contributed by atoms with Gasteiger partial charge in [-0.25, -0.2) is 20.0 Å². The van der Waals surface area contributed by atoms with Crippen molar-refractivity contribution in [3.05, 3.63) is 12.7 Å². The van der Waals surface area contributed by atoms with E-state index < -0.39 is 25.6 Å². The fourth-order valence-electron chi connectivity index (χ4n) is 3.25. The average Bonchev–Trinajstić information content (AvgIpc) is 3.14. The molecule has 2 heterocycles. The number of rotatable bonds is 14. The minimum Gasteiger partial charge on any atom is -0.480 e. The summed E-state index contributed by atoms with van der Waals surface area (Å²) >= 11 is 0. The van der Waals surface area contributed by atoms with Crippen molar-refractivity contribution in [1.29, 1.82) is 0 Å². The first-order chi connectivity index (χ1) is 15.9. The zero-order chi connectivity index (χ0) is 25.5. The van der Waals surface area contributed by atoms with E-state index in [0.717, 1.165) is 5.71 Å². The first kappa shape index (κ1) is 27.7. The number of aromatic nitrogens is 4. The van der Waals surface area contributed by atoms with Gasteiger partial charge in [-0.15, -0.1) is 0 Å². The van der Waals surface area contributed by atoms with Crippen LogP contribution in [0.25, 0.3) is 11.2 Å². The van der Waals surface area contributed by atoms with Gasteiger partial charge in [0, 0.05) is 0 Å². The molecular weight excluding hydrogens is 461 g/mol. The Morgan fingerprint density at radius 1 is 1.18 bits per heavy atom. The van der Waals surface area contributed by atoms with Crippen LogP contribution in [0.15, 0.2) is 17.8 Å². The lowest BCUT2D eigenvalue weighted by molar-refractivity contribution is -0.138. The maximum absolute atomic E-state index is 13.5. The molecule has 0 radical (unpaired) electrons. The molecule has 4 N–H and O–H groups in total. The molecular formula is C21H36N7O5P. The van der Waals surface area contributed by atoms with E-state index in [4.69, 9.17) is 15.1 Å². The largest absolute Gasteiger partial charge is 0.480 e. The van der Waals surface area contributed by atoms with Crippen LogP contribution in [0.4, 0.5) is 5.82 Å². The Balaban J connectivity index is 2.14. The first-order valence-electron chi connectivity index (χ1n) is 11.3. The number of carboxylic acid groups (broad SMARTS) is 1. The Bertz CT molecular complexity index is 1030. The van der Waals surface area contributed by atoms with Crippen LogP contribution in [-0.4, -0.2) is 54.8 Å². The number of oxime groups is 1. The molecule has 0 aliphatic carbocycles. The van der Waals surface area contributed by atoms with Crippen LogP contribution in [0.5, 0.6) is 0 Å². The fourth-order valence-corrected chi connectivity index (χ4v) is 4.81. The Morgan fingerprint density at radius 2 is 1.82 bits per heavy atom. The number of imidazole rings is 1. The molecule has 0 amide bonds. The molecule has 0 aliphatic rings. The second-order valence-electron chi connectivity index (χ2n) is 9.23. The molecule has 190 valence electrons. The van der Waals surface area contributed by atoms with Crippen molar-refractivity contribution >= 4 is 36.2 Å². The predicted octanol–water partition coefficient (Wildman–Crippen LogP) is 3.49. The molecule has 0 spiro atoms. The quantitative estimate of drug-likeness (QED) is 0.200. The highest BCUT2D eigenvalue weighted by Crippen LogP contribution is 2.44. The zero-order valence-electron chi connectivity index (χ0n) is 20.6. The average molecular weight is 498 g/mol. The molecule has 0 saturated carbocycles. The van der Waals surface area contributed by atoms with E-state index in [0.29, 0.717) is 42.4 Å². The summed E-state index contributed by atoms with van der Waals surface area (Å²) in [5.74, 6) is -0.206. The minimum absolute atomic E-state index is 0.276. The molecule has 13 heteroatoms. The number of carbonyl (C=O) groups is 1. The lowest BCUT2D eigenvalue weighted by Gasteiger charge is -2.22. The number of fused-ring (bicyclic) bond motifs is 1. The SMILES string of the molecule is CC(C)CC(CC(C)C)=NOP(=O)(CO[C@H](C)Cn1cnc2c(N)ncnc21)N[C@@H](C)C(=O)O. The van der Waals surface area contributed by atoms with Crippen molar-refractivity contribution in [2.45, 2.75) is 73.1 Å². The molecule has 2 rings (SSSR count). The van der Waals surface area contributed by atoms with E-state index in [1.807, 2.05) is 0 Å². The summed E-state index contributed by atoms with van der Waals surface area (Å²) in [5.41, 5.74) is 7.63. The van der Waals surface area contributed by atoms with Gasteiger partial charge in [0.25, 0.3) is 0 Å². The number of nitrogens with zero attached hydrogens (tertiary/aromatic N) is 5.